The minimum Gasteiger partial charge on any atom is -0.467 e. The van der Waals surface area contributed by atoms with Crippen LogP contribution in [0.4, 0.5) is 4.79 Å². The van der Waals surface area contributed by atoms with Crippen LogP contribution in [0.15, 0.2) is 30.3 Å². The van der Waals surface area contributed by atoms with Crippen molar-refractivity contribution in [1.82, 2.24) is 5.32 Å². The quantitative estimate of drug-likeness (QED) is 0.421. The van der Waals surface area contributed by atoms with Crippen LogP contribution in [0.3, 0.4) is 0 Å². The van der Waals surface area contributed by atoms with Crippen LogP contribution < -0.4 is 5.32 Å². The number of esters is 2. The summed E-state index contributed by atoms with van der Waals surface area (Å²) in [6.07, 6.45) is -1.21. The number of alkyl carbamates (subject to hydrolysis) is 1. The van der Waals surface area contributed by atoms with Crippen molar-refractivity contribution in [3.63, 3.8) is 0 Å². The first-order valence-corrected chi connectivity index (χ1v) is 8.93. The van der Waals surface area contributed by atoms with E-state index in [0.717, 1.165) is 7.11 Å². The second-order valence-electron chi connectivity index (χ2n) is 5.29. The maximum absolute atomic E-state index is 12.2. The smallest absolute Gasteiger partial charge is 0.415 e. The molecule has 1 amide bonds. The molecule has 138 valence electrons. The number of benzene rings is 1. The zero-order valence-corrected chi connectivity index (χ0v) is 14.9. The predicted octanol–water partition coefficient (Wildman–Crippen LogP) is 1.91. The molecule has 0 spiro atoms. The summed E-state index contributed by atoms with van der Waals surface area (Å²) in [7, 11) is -3.32. The average molecular weight is 373 g/mol. The number of hydrogen-bond acceptors (Lipinski definition) is 7. The number of carbonyl (C=O) groups excluding carboxylic acids is 3. The van der Waals surface area contributed by atoms with E-state index in [1.54, 1.807) is 32.0 Å². The Hall–Kier alpha value is -2.22. The van der Waals surface area contributed by atoms with E-state index in [4.69, 9.17) is 0 Å². The van der Waals surface area contributed by atoms with Gasteiger partial charge in [-0.2, -0.15) is 0 Å². The molecule has 0 aromatic heterocycles. The summed E-state index contributed by atoms with van der Waals surface area (Å²) in [5, 5.41) is 2.13. The maximum Gasteiger partial charge on any atom is 0.415 e. The predicted molar refractivity (Wildman–Crippen MR) is 86.8 cm³/mol. The Morgan fingerprint density at radius 1 is 1.20 bits per heavy atom. The molecule has 1 aromatic rings. The lowest BCUT2D eigenvalue weighted by molar-refractivity contribution is -0.143. The van der Waals surface area contributed by atoms with Crippen LogP contribution in [0.2, 0.25) is 0 Å². The highest BCUT2D eigenvalue weighted by molar-refractivity contribution is 7.53. The van der Waals surface area contributed by atoms with E-state index in [0.29, 0.717) is 0 Å². The fourth-order valence-corrected chi connectivity index (χ4v) is 3.25. The lowest BCUT2D eigenvalue weighted by Gasteiger charge is -2.25. The molecule has 0 saturated carbocycles. The molecule has 2 atom stereocenters. The van der Waals surface area contributed by atoms with Gasteiger partial charge >= 0.3 is 25.6 Å². The second-order valence-corrected chi connectivity index (χ2v) is 7.23. The Labute approximate surface area is 144 Å². The Morgan fingerprint density at radius 2 is 1.80 bits per heavy atom. The van der Waals surface area contributed by atoms with Crippen LogP contribution in [0.5, 0.6) is 0 Å². The van der Waals surface area contributed by atoms with Crippen LogP contribution in [-0.4, -0.2) is 42.4 Å². The van der Waals surface area contributed by atoms with Crippen LogP contribution in [-0.2, 0) is 23.4 Å². The standard InChI is InChI=1S/C15H20NO8P/c1-10(2)13(25(20,21)23-9-12(17)22-3)16-15(19)24-14(18)11-7-5-4-6-8-11/h4-8,10,13H,9H2,1-3H3,(H,16,19)(H,20,21)/t13-/m1/s1. The molecule has 0 saturated heterocycles. The highest BCUT2D eigenvalue weighted by Crippen LogP contribution is 2.49. The van der Waals surface area contributed by atoms with E-state index in [2.05, 4.69) is 19.3 Å². The van der Waals surface area contributed by atoms with E-state index in [1.165, 1.54) is 12.1 Å². The van der Waals surface area contributed by atoms with E-state index in [9.17, 15) is 23.8 Å². The van der Waals surface area contributed by atoms with E-state index in [-0.39, 0.29) is 5.56 Å². The van der Waals surface area contributed by atoms with Crippen LogP contribution in [0.1, 0.15) is 24.2 Å². The molecule has 1 aromatic carbocycles. The lowest BCUT2D eigenvalue weighted by atomic mass is 10.2. The van der Waals surface area contributed by atoms with Gasteiger partial charge in [0.05, 0.1) is 12.7 Å². The summed E-state index contributed by atoms with van der Waals surface area (Å²) in [5.41, 5.74) is 0.146. The molecule has 9 nitrogen and oxygen atoms in total. The van der Waals surface area contributed by atoms with Crippen molar-refractivity contribution >= 4 is 25.6 Å². The topological polar surface area (TPSA) is 128 Å². The Balaban J connectivity index is 2.73. The highest BCUT2D eigenvalue weighted by Gasteiger charge is 2.38. The summed E-state index contributed by atoms with van der Waals surface area (Å²) in [6.45, 7) is 2.34. The Kier molecular flexibility index (Phi) is 7.76. The number of methoxy groups -OCH3 is 1. The third-order valence-electron chi connectivity index (χ3n) is 3.04. The minimum absolute atomic E-state index is 0.146. The molecule has 0 aliphatic rings. The third kappa shape index (κ3) is 6.66. The molecule has 0 aliphatic carbocycles. The number of carbonyl (C=O) groups is 3. The summed E-state index contributed by atoms with van der Waals surface area (Å²) in [5.74, 6) is -3.69. The van der Waals surface area contributed by atoms with Gasteiger partial charge < -0.3 is 19.7 Å². The molecular formula is C15H20NO8P. The average Bonchev–Trinajstić information content (AvgIpc) is 2.57. The second kappa shape index (κ2) is 9.31. The van der Waals surface area contributed by atoms with Crippen molar-refractivity contribution in [2.24, 2.45) is 5.92 Å². The first kappa shape index (κ1) is 20.8. The van der Waals surface area contributed by atoms with Crippen molar-refractivity contribution in [3.05, 3.63) is 35.9 Å². The summed E-state index contributed by atoms with van der Waals surface area (Å²) >= 11 is 0. The molecule has 0 radical (unpaired) electrons. The van der Waals surface area contributed by atoms with Crippen molar-refractivity contribution in [2.75, 3.05) is 13.7 Å². The van der Waals surface area contributed by atoms with Gasteiger partial charge in [0.15, 0.2) is 6.61 Å². The third-order valence-corrected chi connectivity index (χ3v) is 4.97. The molecule has 0 bridgehead atoms. The molecular weight excluding hydrogens is 353 g/mol. The molecule has 1 rings (SSSR count). The first-order chi connectivity index (χ1) is 11.7. The first-order valence-electron chi connectivity index (χ1n) is 7.29. The molecule has 0 aliphatic heterocycles. The van der Waals surface area contributed by atoms with Gasteiger partial charge in [0.1, 0.15) is 5.78 Å². The van der Waals surface area contributed by atoms with E-state index < -0.39 is 43.9 Å². The molecule has 1 unspecified atom stereocenters. The minimum atomic E-state index is -4.42. The van der Waals surface area contributed by atoms with E-state index >= 15 is 0 Å². The normalized spacial score (nSPS) is 14.3. The summed E-state index contributed by atoms with van der Waals surface area (Å²) < 4.78 is 25.8. The highest BCUT2D eigenvalue weighted by atomic mass is 31.2. The molecule has 0 heterocycles. The van der Waals surface area contributed by atoms with Gasteiger partial charge in [0.25, 0.3) is 0 Å². The zero-order chi connectivity index (χ0) is 19.0. The summed E-state index contributed by atoms with van der Waals surface area (Å²) in [4.78, 5) is 44.7. The van der Waals surface area contributed by atoms with Gasteiger partial charge in [-0.05, 0) is 18.1 Å². The monoisotopic (exact) mass is 373 g/mol. The Morgan fingerprint density at radius 3 is 2.32 bits per heavy atom. The number of ether oxygens (including phenoxy) is 2. The molecule has 10 heteroatoms. The number of rotatable bonds is 7. The largest absolute Gasteiger partial charge is 0.467 e. The van der Waals surface area contributed by atoms with Crippen LogP contribution >= 0.6 is 7.60 Å². The fourth-order valence-electron chi connectivity index (χ4n) is 1.78. The van der Waals surface area contributed by atoms with Crippen LogP contribution in [0.25, 0.3) is 0 Å². The van der Waals surface area contributed by atoms with Crippen molar-refractivity contribution in [1.29, 1.82) is 0 Å². The van der Waals surface area contributed by atoms with Gasteiger partial charge in [0, 0.05) is 0 Å². The summed E-state index contributed by atoms with van der Waals surface area (Å²) in [6, 6.07) is 7.77. The number of hydrogen-bond donors (Lipinski definition) is 2. The molecule has 25 heavy (non-hydrogen) atoms. The number of amides is 1. The zero-order valence-electron chi connectivity index (χ0n) is 14.0. The molecule has 2 N–H and O–H groups in total. The van der Waals surface area contributed by atoms with Gasteiger partial charge in [-0.3, -0.25) is 9.09 Å². The van der Waals surface area contributed by atoms with Gasteiger partial charge in [-0.15, -0.1) is 0 Å². The fraction of sp³-hybridized carbons (Fsp3) is 0.400. The maximum atomic E-state index is 12.2. The molecule has 0 fully saturated rings. The SMILES string of the molecule is COC(=O)COP(=O)(O)[C@@H](NC(=O)OC(=O)c1ccccc1)C(C)C. The van der Waals surface area contributed by atoms with Crippen molar-refractivity contribution in [3.8, 4) is 0 Å². The van der Waals surface area contributed by atoms with Gasteiger partial charge in [0.2, 0.25) is 0 Å². The van der Waals surface area contributed by atoms with Crippen molar-refractivity contribution < 1.29 is 37.8 Å². The number of nitrogens with one attached hydrogen (secondary N) is 1. The van der Waals surface area contributed by atoms with Gasteiger partial charge in [-0.25, -0.2) is 14.4 Å². The lowest BCUT2D eigenvalue weighted by Crippen LogP contribution is -2.40. The van der Waals surface area contributed by atoms with Gasteiger partial charge in [-0.1, -0.05) is 32.0 Å². The van der Waals surface area contributed by atoms with E-state index in [1.807, 2.05) is 0 Å². The van der Waals surface area contributed by atoms with Crippen molar-refractivity contribution in [2.45, 2.75) is 19.6 Å². The van der Waals surface area contributed by atoms with Crippen LogP contribution in [0, 0.1) is 5.92 Å². The Bertz CT molecular complexity index is 661.